The summed E-state index contributed by atoms with van der Waals surface area (Å²) in [6.07, 6.45) is 4.86. The first-order chi connectivity index (χ1) is 13.7. The number of hydrogen-bond donors (Lipinski definition) is 0. The van der Waals surface area contributed by atoms with E-state index < -0.39 is 5.82 Å². The van der Waals surface area contributed by atoms with Crippen LogP contribution in [0.1, 0.15) is 5.56 Å². The molecule has 3 heterocycles. The van der Waals surface area contributed by atoms with Crippen LogP contribution in [0, 0.1) is 17.1 Å². The SMILES string of the molecule is COc1ncc(-c2c(-c3ccc(C#N)cc3)nc(OC)c3nccn23)cc1F. The number of nitriles is 1. The number of ether oxygens (including phenoxy) is 2. The molecule has 0 atom stereocenters. The number of aromatic nitrogens is 4. The number of rotatable bonds is 4. The zero-order valence-corrected chi connectivity index (χ0v) is 15.0. The number of halogens is 1. The molecule has 0 amide bonds. The molecule has 0 N–H and O–H groups in total. The molecule has 0 fully saturated rings. The van der Waals surface area contributed by atoms with Gasteiger partial charge in [0.25, 0.3) is 5.88 Å². The van der Waals surface area contributed by atoms with E-state index in [2.05, 4.69) is 21.0 Å². The molecule has 3 aromatic heterocycles. The van der Waals surface area contributed by atoms with Crippen molar-refractivity contribution in [3.8, 4) is 40.3 Å². The van der Waals surface area contributed by atoms with Crippen LogP contribution in [0.15, 0.2) is 48.9 Å². The summed E-state index contributed by atoms with van der Waals surface area (Å²) in [6.45, 7) is 0. The Balaban J connectivity index is 2.04. The van der Waals surface area contributed by atoms with Crippen molar-refractivity contribution < 1.29 is 13.9 Å². The van der Waals surface area contributed by atoms with E-state index in [1.165, 1.54) is 26.5 Å². The summed E-state index contributed by atoms with van der Waals surface area (Å²) in [7, 11) is 2.87. The number of hydrogen-bond acceptors (Lipinski definition) is 6. The predicted octanol–water partition coefficient (Wildman–Crippen LogP) is 3.49. The van der Waals surface area contributed by atoms with Crippen LogP contribution in [0.5, 0.6) is 11.8 Å². The lowest BCUT2D eigenvalue weighted by molar-refractivity contribution is 0.369. The van der Waals surface area contributed by atoms with Gasteiger partial charge >= 0.3 is 0 Å². The van der Waals surface area contributed by atoms with E-state index in [4.69, 9.17) is 14.7 Å². The van der Waals surface area contributed by atoms with Crippen LogP contribution in [-0.4, -0.2) is 33.6 Å². The van der Waals surface area contributed by atoms with Gasteiger partial charge < -0.3 is 9.47 Å². The molecule has 0 bridgehead atoms. The molecule has 0 saturated heterocycles. The zero-order valence-electron chi connectivity index (χ0n) is 15.0. The molecule has 0 aliphatic heterocycles. The van der Waals surface area contributed by atoms with Crippen molar-refractivity contribution in [3.05, 3.63) is 60.3 Å². The second-order valence-corrected chi connectivity index (χ2v) is 5.84. The fraction of sp³-hybridized carbons (Fsp3) is 0.100. The van der Waals surface area contributed by atoms with Crippen molar-refractivity contribution >= 4 is 5.65 Å². The van der Waals surface area contributed by atoms with Crippen LogP contribution in [-0.2, 0) is 0 Å². The number of pyridine rings is 1. The van der Waals surface area contributed by atoms with Crippen LogP contribution in [0.25, 0.3) is 28.2 Å². The molecule has 0 radical (unpaired) electrons. The molecule has 138 valence electrons. The van der Waals surface area contributed by atoms with Crippen molar-refractivity contribution in [3.63, 3.8) is 0 Å². The minimum absolute atomic E-state index is 0.0907. The predicted molar refractivity (Wildman–Crippen MR) is 99.4 cm³/mol. The molecule has 28 heavy (non-hydrogen) atoms. The fourth-order valence-corrected chi connectivity index (χ4v) is 2.98. The van der Waals surface area contributed by atoms with E-state index in [1.807, 2.05) is 0 Å². The molecule has 8 heteroatoms. The summed E-state index contributed by atoms with van der Waals surface area (Å²) in [5, 5.41) is 9.05. The maximum atomic E-state index is 14.3. The van der Waals surface area contributed by atoms with E-state index in [0.29, 0.717) is 34.0 Å². The molecule has 0 aliphatic rings. The molecule has 0 aliphatic carbocycles. The summed E-state index contributed by atoms with van der Waals surface area (Å²) in [5.41, 5.74) is 3.38. The highest BCUT2D eigenvalue weighted by atomic mass is 19.1. The molecular weight excluding hydrogens is 361 g/mol. The first-order valence-electron chi connectivity index (χ1n) is 8.27. The van der Waals surface area contributed by atoms with Gasteiger partial charge in [0.15, 0.2) is 5.82 Å². The summed E-state index contributed by atoms with van der Waals surface area (Å²) < 4.78 is 26.4. The summed E-state index contributed by atoms with van der Waals surface area (Å²) in [6, 6.07) is 10.4. The third-order valence-corrected chi connectivity index (χ3v) is 4.27. The molecular formula is C20H14FN5O2. The first kappa shape index (κ1) is 17.4. The van der Waals surface area contributed by atoms with Gasteiger partial charge in [0.2, 0.25) is 11.5 Å². The molecule has 0 unspecified atom stereocenters. The van der Waals surface area contributed by atoms with Gasteiger partial charge in [-0.1, -0.05) is 12.1 Å². The third-order valence-electron chi connectivity index (χ3n) is 4.27. The average Bonchev–Trinajstić information content (AvgIpc) is 3.22. The number of methoxy groups -OCH3 is 2. The topological polar surface area (TPSA) is 85.3 Å². The summed E-state index contributed by atoms with van der Waals surface area (Å²) in [5.74, 6) is -0.350. The summed E-state index contributed by atoms with van der Waals surface area (Å²) in [4.78, 5) is 12.9. The van der Waals surface area contributed by atoms with E-state index in [1.54, 1.807) is 41.1 Å². The number of benzene rings is 1. The Morgan fingerprint density at radius 3 is 2.43 bits per heavy atom. The minimum atomic E-state index is -0.588. The number of fused-ring (bicyclic) bond motifs is 1. The quantitative estimate of drug-likeness (QED) is 0.543. The van der Waals surface area contributed by atoms with Crippen LogP contribution < -0.4 is 9.47 Å². The van der Waals surface area contributed by atoms with Crippen LogP contribution in [0.2, 0.25) is 0 Å². The smallest absolute Gasteiger partial charge is 0.258 e. The summed E-state index contributed by atoms with van der Waals surface area (Å²) >= 11 is 0. The van der Waals surface area contributed by atoms with E-state index in [9.17, 15) is 4.39 Å². The van der Waals surface area contributed by atoms with E-state index in [-0.39, 0.29) is 5.88 Å². The Morgan fingerprint density at radius 2 is 1.79 bits per heavy atom. The van der Waals surface area contributed by atoms with Crippen molar-refractivity contribution in [2.45, 2.75) is 0 Å². The maximum Gasteiger partial charge on any atom is 0.258 e. The molecule has 0 spiro atoms. The number of imidazole rings is 1. The standard InChI is InChI=1S/C20H14FN5O2/c1-27-19-15(21)9-14(11-24-19)17-16(13-5-3-12(10-22)4-6-13)25-20(28-2)18-23-7-8-26(17)18/h3-9,11H,1-2H3. The van der Waals surface area contributed by atoms with Gasteiger partial charge in [-0.3, -0.25) is 4.40 Å². The fourth-order valence-electron chi connectivity index (χ4n) is 2.98. The molecule has 4 aromatic rings. The van der Waals surface area contributed by atoms with Crippen molar-refractivity contribution in [2.24, 2.45) is 0 Å². The van der Waals surface area contributed by atoms with Crippen molar-refractivity contribution in [1.82, 2.24) is 19.4 Å². The van der Waals surface area contributed by atoms with Gasteiger partial charge in [0.1, 0.15) is 0 Å². The highest BCUT2D eigenvalue weighted by Crippen LogP contribution is 2.35. The van der Waals surface area contributed by atoms with E-state index >= 15 is 0 Å². The van der Waals surface area contributed by atoms with Gasteiger partial charge in [-0.15, -0.1) is 0 Å². The Morgan fingerprint density at radius 1 is 1.04 bits per heavy atom. The zero-order chi connectivity index (χ0) is 19.7. The van der Waals surface area contributed by atoms with Gasteiger partial charge in [-0.2, -0.15) is 5.26 Å². The van der Waals surface area contributed by atoms with Crippen LogP contribution >= 0.6 is 0 Å². The molecule has 7 nitrogen and oxygen atoms in total. The Hall–Kier alpha value is -3.99. The van der Waals surface area contributed by atoms with Crippen molar-refractivity contribution in [2.75, 3.05) is 14.2 Å². The largest absolute Gasteiger partial charge is 0.479 e. The monoisotopic (exact) mass is 375 g/mol. The van der Waals surface area contributed by atoms with Crippen molar-refractivity contribution in [1.29, 1.82) is 5.26 Å². The average molecular weight is 375 g/mol. The van der Waals surface area contributed by atoms with E-state index in [0.717, 1.165) is 5.56 Å². The second-order valence-electron chi connectivity index (χ2n) is 5.84. The Bertz CT molecular complexity index is 1210. The minimum Gasteiger partial charge on any atom is -0.479 e. The normalized spacial score (nSPS) is 10.6. The highest BCUT2D eigenvalue weighted by Gasteiger charge is 2.20. The van der Waals surface area contributed by atoms with Crippen LogP contribution in [0.4, 0.5) is 4.39 Å². The van der Waals surface area contributed by atoms with Gasteiger partial charge in [-0.05, 0) is 18.2 Å². The Kier molecular flexibility index (Phi) is 4.33. The number of nitrogens with zero attached hydrogens (tertiary/aromatic N) is 5. The van der Waals surface area contributed by atoms with Gasteiger partial charge in [0, 0.05) is 29.7 Å². The lowest BCUT2D eigenvalue weighted by Gasteiger charge is -2.14. The molecule has 4 rings (SSSR count). The first-order valence-corrected chi connectivity index (χ1v) is 8.27. The Labute approximate surface area is 159 Å². The lowest BCUT2D eigenvalue weighted by Crippen LogP contribution is -2.03. The van der Waals surface area contributed by atoms with Gasteiger partial charge in [0.05, 0.1) is 37.2 Å². The third kappa shape index (κ3) is 2.79. The molecule has 1 aromatic carbocycles. The van der Waals surface area contributed by atoms with Gasteiger partial charge in [-0.25, -0.2) is 19.3 Å². The van der Waals surface area contributed by atoms with Crippen LogP contribution in [0.3, 0.4) is 0 Å². The highest BCUT2D eigenvalue weighted by molar-refractivity contribution is 5.81. The molecule has 0 saturated carbocycles. The maximum absolute atomic E-state index is 14.3. The second kappa shape index (κ2) is 6.96. The lowest BCUT2D eigenvalue weighted by atomic mass is 10.0.